The molecule has 1 aliphatic heterocycles. The van der Waals surface area contributed by atoms with Gasteiger partial charge in [-0.25, -0.2) is 0 Å². The Bertz CT molecular complexity index is 1140. The molecule has 0 amide bonds. The van der Waals surface area contributed by atoms with Crippen molar-refractivity contribution in [3.8, 4) is 17.7 Å². The van der Waals surface area contributed by atoms with Crippen LogP contribution < -0.4 is 4.90 Å². The van der Waals surface area contributed by atoms with Gasteiger partial charge in [0.05, 0.1) is 12.8 Å². The van der Waals surface area contributed by atoms with Crippen molar-refractivity contribution < 1.29 is 13.6 Å². The summed E-state index contributed by atoms with van der Waals surface area (Å²) in [6.07, 6.45) is 3.96. The van der Waals surface area contributed by atoms with Crippen molar-refractivity contribution in [2.24, 2.45) is 0 Å². The van der Waals surface area contributed by atoms with Crippen molar-refractivity contribution >= 4 is 11.7 Å². The van der Waals surface area contributed by atoms with E-state index in [4.69, 9.17) is 8.83 Å². The second-order valence-corrected chi connectivity index (χ2v) is 8.33. The predicted molar refractivity (Wildman–Crippen MR) is 114 cm³/mol. The van der Waals surface area contributed by atoms with E-state index in [0.717, 1.165) is 24.3 Å². The number of furan rings is 1. The number of anilines is 1. The van der Waals surface area contributed by atoms with E-state index in [2.05, 4.69) is 34.4 Å². The van der Waals surface area contributed by atoms with Crippen LogP contribution in [0.1, 0.15) is 46.3 Å². The molecule has 0 N–H and O–H groups in total. The van der Waals surface area contributed by atoms with Gasteiger partial charge in [-0.1, -0.05) is 0 Å². The molecule has 3 aromatic rings. The van der Waals surface area contributed by atoms with E-state index < -0.39 is 0 Å². The number of aromatic nitrogens is 2. The Morgan fingerprint density at radius 2 is 2.03 bits per heavy atom. The molecule has 0 aromatic carbocycles. The fraction of sp³-hybridized carbons (Fsp3) is 0.435. The van der Waals surface area contributed by atoms with Crippen molar-refractivity contribution in [1.82, 2.24) is 14.5 Å². The van der Waals surface area contributed by atoms with Crippen LogP contribution in [-0.2, 0) is 0 Å². The number of aryl methyl sites for hydroxylation is 1. The fourth-order valence-corrected chi connectivity index (χ4v) is 4.46. The molecule has 1 saturated carbocycles. The van der Waals surface area contributed by atoms with Crippen molar-refractivity contribution in [2.75, 3.05) is 37.6 Å². The molecule has 8 heteroatoms. The molecule has 0 atom stereocenters. The molecule has 160 valence electrons. The van der Waals surface area contributed by atoms with Crippen LogP contribution in [-0.4, -0.2) is 53.0 Å². The van der Waals surface area contributed by atoms with Gasteiger partial charge in [0.1, 0.15) is 6.07 Å². The Morgan fingerprint density at radius 1 is 1.26 bits per heavy atom. The third kappa shape index (κ3) is 3.66. The number of ketones is 1. The fourth-order valence-electron chi connectivity index (χ4n) is 4.46. The number of piperazine rings is 1. The molecule has 1 aliphatic carbocycles. The first-order valence-electron chi connectivity index (χ1n) is 10.7. The zero-order valence-electron chi connectivity index (χ0n) is 17.8. The Labute approximate surface area is 180 Å². The molecule has 2 aliphatic rings. The average Bonchev–Trinajstić information content (AvgIpc) is 3.17. The zero-order chi connectivity index (χ0) is 21.5. The minimum absolute atomic E-state index is 0.172. The quantitative estimate of drug-likeness (QED) is 0.564. The molecule has 5 rings (SSSR count). The molecule has 3 aromatic heterocycles. The van der Waals surface area contributed by atoms with Crippen LogP contribution in [0.5, 0.6) is 0 Å². The van der Waals surface area contributed by atoms with Gasteiger partial charge in [-0.15, -0.1) is 0 Å². The lowest BCUT2D eigenvalue weighted by molar-refractivity contribution is 0.0925. The van der Waals surface area contributed by atoms with Crippen molar-refractivity contribution in [3.05, 3.63) is 47.1 Å². The molecular weight excluding hydrogens is 394 g/mol. The van der Waals surface area contributed by atoms with Crippen LogP contribution in [0.2, 0.25) is 0 Å². The van der Waals surface area contributed by atoms with E-state index in [-0.39, 0.29) is 11.5 Å². The largest absolute Gasteiger partial charge is 0.459 e. The smallest absolute Gasteiger partial charge is 0.266 e. The van der Waals surface area contributed by atoms with E-state index in [1.165, 1.54) is 18.5 Å². The van der Waals surface area contributed by atoms with Gasteiger partial charge in [-0.2, -0.15) is 10.2 Å². The highest BCUT2D eigenvalue weighted by molar-refractivity contribution is 5.99. The Kier molecular flexibility index (Phi) is 4.91. The predicted octanol–water partition coefficient (Wildman–Crippen LogP) is 3.56. The molecule has 1 saturated heterocycles. The van der Waals surface area contributed by atoms with Crippen molar-refractivity contribution in [1.29, 1.82) is 5.26 Å². The number of nitrogens with zero attached hydrogens (tertiary/aromatic N) is 5. The standard InChI is InChI=1S/C23H25N5O3/c1-15-12-18(16(2)28(15)17-5-6-17)20(29)14-26-7-9-27(10-8-26)23-19(13-24)25-22(31-23)21-4-3-11-30-21/h3-4,11-12,17H,5-10,14H2,1-2H3. The maximum absolute atomic E-state index is 13.0. The molecule has 0 bridgehead atoms. The molecular formula is C23H25N5O3. The Hall–Kier alpha value is -3.31. The van der Waals surface area contributed by atoms with Crippen LogP contribution in [0.4, 0.5) is 5.88 Å². The Balaban J connectivity index is 1.24. The third-order valence-electron chi connectivity index (χ3n) is 6.17. The second-order valence-electron chi connectivity index (χ2n) is 8.33. The van der Waals surface area contributed by atoms with E-state index in [0.29, 0.717) is 43.2 Å². The van der Waals surface area contributed by atoms with Crippen molar-refractivity contribution in [3.63, 3.8) is 0 Å². The number of nitriles is 1. The van der Waals surface area contributed by atoms with Gasteiger partial charge in [-0.3, -0.25) is 9.69 Å². The van der Waals surface area contributed by atoms with Gasteiger partial charge in [0.25, 0.3) is 5.89 Å². The molecule has 2 fully saturated rings. The highest BCUT2D eigenvalue weighted by Crippen LogP contribution is 2.38. The normalized spacial score (nSPS) is 17.1. The number of Topliss-reactive ketones (excluding diaryl/α,β-unsaturated/α-hetero) is 1. The Morgan fingerprint density at radius 3 is 2.68 bits per heavy atom. The van der Waals surface area contributed by atoms with Crippen LogP contribution in [0.15, 0.2) is 33.3 Å². The van der Waals surface area contributed by atoms with E-state index in [1.54, 1.807) is 18.4 Å². The summed E-state index contributed by atoms with van der Waals surface area (Å²) in [5.41, 5.74) is 3.37. The maximum Gasteiger partial charge on any atom is 0.266 e. The summed E-state index contributed by atoms with van der Waals surface area (Å²) in [6, 6.07) is 8.23. The maximum atomic E-state index is 13.0. The van der Waals surface area contributed by atoms with Gasteiger partial charge < -0.3 is 18.3 Å². The second kappa shape index (κ2) is 7.75. The van der Waals surface area contributed by atoms with E-state index in [9.17, 15) is 10.1 Å². The lowest BCUT2D eigenvalue weighted by atomic mass is 10.1. The summed E-state index contributed by atoms with van der Waals surface area (Å²) in [6.45, 7) is 7.31. The van der Waals surface area contributed by atoms with Crippen molar-refractivity contribution in [2.45, 2.75) is 32.7 Å². The number of carbonyl (C=O) groups excluding carboxylic acids is 1. The summed E-state index contributed by atoms with van der Waals surface area (Å²) in [5, 5.41) is 9.46. The summed E-state index contributed by atoms with van der Waals surface area (Å²) < 4.78 is 13.5. The van der Waals surface area contributed by atoms with Gasteiger partial charge in [-0.05, 0) is 44.9 Å². The summed E-state index contributed by atoms with van der Waals surface area (Å²) >= 11 is 0. The topological polar surface area (TPSA) is 91.4 Å². The SMILES string of the molecule is Cc1cc(C(=O)CN2CCN(c3oc(-c4ccco4)nc3C#N)CC2)c(C)n1C1CC1. The van der Waals surface area contributed by atoms with Crippen LogP contribution in [0, 0.1) is 25.2 Å². The molecule has 4 heterocycles. The van der Waals surface area contributed by atoms with E-state index >= 15 is 0 Å². The number of hydrogen-bond donors (Lipinski definition) is 0. The van der Waals surface area contributed by atoms with Crippen LogP contribution >= 0.6 is 0 Å². The molecule has 31 heavy (non-hydrogen) atoms. The number of rotatable bonds is 6. The van der Waals surface area contributed by atoms with Crippen LogP contribution in [0.3, 0.4) is 0 Å². The monoisotopic (exact) mass is 419 g/mol. The van der Waals surface area contributed by atoms with Gasteiger partial charge in [0.15, 0.2) is 11.5 Å². The molecule has 0 spiro atoms. The van der Waals surface area contributed by atoms with Gasteiger partial charge >= 0.3 is 0 Å². The summed E-state index contributed by atoms with van der Waals surface area (Å²) in [7, 11) is 0. The minimum atomic E-state index is 0.172. The lowest BCUT2D eigenvalue weighted by Gasteiger charge is -2.34. The molecule has 0 radical (unpaired) electrons. The average molecular weight is 419 g/mol. The summed E-state index contributed by atoms with van der Waals surface area (Å²) in [5.74, 6) is 1.44. The van der Waals surface area contributed by atoms with E-state index in [1.807, 2.05) is 11.0 Å². The third-order valence-corrected chi connectivity index (χ3v) is 6.17. The first kappa shape index (κ1) is 19.6. The highest BCUT2D eigenvalue weighted by atomic mass is 16.4. The zero-order valence-corrected chi connectivity index (χ0v) is 17.8. The number of oxazole rings is 1. The van der Waals surface area contributed by atoms with Gasteiger partial charge in [0, 0.05) is 49.2 Å². The molecule has 8 nitrogen and oxygen atoms in total. The number of carbonyl (C=O) groups is 1. The first-order chi connectivity index (χ1) is 15.0. The minimum Gasteiger partial charge on any atom is -0.459 e. The summed E-state index contributed by atoms with van der Waals surface area (Å²) in [4.78, 5) is 21.4. The van der Waals surface area contributed by atoms with Gasteiger partial charge in [0.2, 0.25) is 11.6 Å². The van der Waals surface area contributed by atoms with Crippen LogP contribution in [0.25, 0.3) is 11.7 Å². The lowest BCUT2D eigenvalue weighted by Crippen LogP contribution is -2.48. The number of hydrogen-bond acceptors (Lipinski definition) is 7. The highest BCUT2D eigenvalue weighted by Gasteiger charge is 2.30. The first-order valence-corrected chi connectivity index (χ1v) is 10.7. The molecule has 0 unspecified atom stereocenters.